The van der Waals surface area contributed by atoms with Gasteiger partial charge in [0.05, 0.1) is 0 Å². The number of halogens is 5. The minimum Gasteiger partial charge on any atom is -0.275 e. The van der Waals surface area contributed by atoms with Gasteiger partial charge in [-0.15, -0.1) is 0 Å². The third kappa shape index (κ3) is 1.84. The number of carbonyl (C=O) groups excluding carboxylic acids is 1. The lowest BCUT2D eigenvalue weighted by Gasteiger charge is -2.07. The molecule has 1 nitrogen and oxygen atoms in total. The lowest BCUT2D eigenvalue weighted by atomic mass is 10.1. The highest BCUT2D eigenvalue weighted by atomic mass is 35.5. The Morgan fingerprint density at radius 1 is 1.07 bits per heavy atom. The van der Waals surface area contributed by atoms with Gasteiger partial charge in [-0.05, 0) is 18.0 Å². The van der Waals surface area contributed by atoms with Crippen molar-refractivity contribution in [2.75, 3.05) is 0 Å². The molecule has 6 heteroatoms. The average molecular weight is 241 g/mol. The van der Waals surface area contributed by atoms with E-state index in [4.69, 9.17) is 11.6 Å². The van der Waals surface area contributed by atoms with Crippen LogP contribution in [0.3, 0.4) is 0 Å². The van der Waals surface area contributed by atoms with E-state index in [0.717, 1.165) is 0 Å². The van der Waals surface area contributed by atoms with Gasteiger partial charge in [-0.1, -0.05) is 6.92 Å². The summed E-state index contributed by atoms with van der Waals surface area (Å²) in [6.45, 7) is 1.33. The molecule has 1 aromatic rings. The number of benzene rings is 1. The van der Waals surface area contributed by atoms with Gasteiger partial charge >= 0.3 is 0 Å². The fourth-order valence-corrected chi connectivity index (χ4v) is 1.33. The molecule has 0 unspecified atom stereocenters. The Morgan fingerprint density at radius 3 is 2.00 bits per heavy atom. The highest BCUT2D eigenvalue weighted by Crippen LogP contribution is 2.25. The first-order valence-electron chi connectivity index (χ1n) is 3.96. The molecule has 0 spiro atoms. The van der Waals surface area contributed by atoms with Gasteiger partial charge in [0.15, 0.2) is 17.5 Å². The van der Waals surface area contributed by atoms with E-state index >= 15 is 0 Å². The Bertz CT molecular complexity index is 431. The Kier molecular flexibility index (Phi) is 3.34. The zero-order chi connectivity index (χ0) is 11.7. The van der Waals surface area contributed by atoms with Crippen molar-refractivity contribution in [3.63, 3.8) is 0 Å². The minimum atomic E-state index is -1.90. The predicted octanol–water partition coefficient (Wildman–Crippen LogP) is 3.18. The molecule has 0 fully saturated rings. The van der Waals surface area contributed by atoms with E-state index in [2.05, 4.69) is 0 Å². The topological polar surface area (TPSA) is 17.1 Å². The van der Waals surface area contributed by atoms with E-state index in [0.29, 0.717) is 0 Å². The van der Waals surface area contributed by atoms with Crippen LogP contribution in [-0.4, -0.2) is 5.24 Å². The number of hydrogen-bond acceptors (Lipinski definition) is 1. The maximum absolute atomic E-state index is 13.3. The molecule has 0 atom stereocenters. The van der Waals surface area contributed by atoms with Crippen LogP contribution in [0.15, 0.2) is 0 Å². The van der Waals surface area contributed by atoms with Gasteiger partial charge in [0.2, 0.25) is 0 Å². The summed E-state index contributed by atoms with van der Waals surface area (Å²) in [4.78, 5) is 10.6. The molecule has 0 aliphatic carbocycles. The number of carbonyl (C=O) groups is 1. The molecule has 0 saturated carbocycles. The Labute approximate surface area is 87.7 Å². The maximum atomic E-state index is 13.3. The SMILES string of the molecule is CCc1c(F)c(F)c(F)c(C(=O)Cl)c1F. The molecular formula is C9H5ClF4O. The molecule has 1 rings (SSSR count). The second kappa shape index (κ2) is 4.18. The van der Waals surface area contributed by atoms with Gasteiger partial charge in [0.25, 0.3) is 5.24 Å². The van der Waals surface area contributed by atoms with Crippen molar-refractivity contribution in [3.8, 4) is 0 Å². The van der Waals surface area contributed by atoms with Crippen LogP contribution in [0.5, 0.6) is 0 Å². The number of hydrogen-bond donors (Lipinski definition) is 0. The molecule has 0 N–H and O–H groups in total. The van der Waals surface area contributed by atoms with Crippen molar-refractivity contribution in [2.45, 2.75) is 13.3 Å². The van der Waals surface area contributed by atoms with Crippen LogP contribution in [0, 0.1) is 23.3 Å². The van der Waals surface area contributed by atoms with E-state index in [9.17, 15) is 22.4 Å². The molecule has 0 aliphatic rings. The minimum absolute atomic E-state index is 0.216. The van der Waals surface area contributed by atoms with Gasteiger partial charge in [0.1, 0.15) is 11.4 Å². The van der Waals surface area contributed by atoms with Crippen LogP contribution in [0.1, 0.15) is 22.8 Å². The third-order valence-corrected chi connectivity index (χ3v) is 2.09. The number of rotatable bonds is 2. The first-order chi connectivity index (χ1) is 6.91. The maximum Gasteiger partial charge on any atom is 0.258 e. The normalized spacial score (nSPS) is 10.5. The molecule has 1 aromatic carbocycles. The second-order valence-electron chi connectivity index (χ2n) is 2.74. The summed E-state index contributed by atoms with van der Waals surface area (Å²) >= 11 is 4.86. The van der Waals surface area contributed by atoms with Crippen molar-refractivity contribution in [1.29, 1.82) is 0 Å². The lowest BCUT2D eigenvalue weighted by molar-refractivity contribution is 0.107. The van der Waals surface area contributed by atoms with Crippen LogP contribution in [0.25, 0.3) is 0 Å². The molecule has 0 aromatic heterocycles. The molecule has 0 heterocycles. The average Bonchev–Trinajstić information content (AvgIpc) is 2.15. The van der Waals surface area contributed by atoms with Crippen LogP contribution in [0.2, 0.25) is 0 Å². The van der Waals surface area contributed by atoms with Crippen molar-refractivity contribution in [1.82, 2.24) is 0 Å². The largest absolute Gasteiger partial charge is 0.275 e. The summed E-state index contributed by atoms with van der Waals surface area (Å²) in [5, 5.41) is -1.50. The Balaban J connectivity index is 3.68. The quantitative estimate of drug-likeness (QED) is 0.336. The van der Waals surface area contributed by atoms with Crippen LogP contribution in [-0.2, 0) is 6.42 Å². The second-order valence-corrected chi connectivity index (χ2v) is 3.08. The van der Waals surface area contributed by atoms with E-state index < -0.39 is 39.6 Å². The lowest BCUT2D eigenvalue weighted by Crippen LogP contribution is -2.10. The van der Waals surface area contributed by atoms with Crippen LogP contribution in [0.4, 0.5) is 17.6 Å². The summed E-state index contributed by atoms with van der Waals surface area (Å²) in [5.74, 6) is -6.87. The molecule has 0 aliphatic heterocycles. The van der Waals surface area contributed by atoms with Gasteiger partial charge in [-0.2, -0.15) is 0 Å². The predicted molar refractivity (Wildman–Crippen MR) is 45.8 cm³/mol. The Hall–Kier alpha value is -1.10. The molecule has 82 valence electrons. The van der Waals surface area contributed by atoms with Gasteiger partial charge in [-0.3, -0.25) is 4.79 Å². The van der Waals surface area contributed by atoms with Crippen molar-refractivity contribution < 1.29 is 22.4 Å². The molecule has 0 radical (unpaired) electrons. The highest BCUT2D eigenvalue weighted by molar-refractivity contribution is 6.67. The summed E-state index contributed by atoms with van der Waals surface area (Å²) in [6.07, 6.45) is -0.216. The highest BCUT2D eigenvalue weighted by Gasteiger charge is 2.27. The zero-order valence-electron chi connectivity index (χ0n) is 7.51. The standard InChI is InChI=1S/C9H5ClF4O/c1-2-3-5(11)4(9(10)15)7(13)8(14)6(3)12/h2H2,1H3. The van der Waals surface area contributed by atoms with Gasteiger partial charge in [0, 0.05) is 5.56 Å². The molecule has 15 heavy (non-hydrogen) atoms. The summed E-state index contributed by atoms with van der Waals surface area (Å²) in [5.41, 5.74) is -1.95. The van der Waals surface area contributed by atoms with Crippen LogP contribution < -0.4 is 0 Å². The Morgan fingerprint density at radius 2 is 1.60 bits per heavy atom. The first kappa shape index (κ1) is 12.0. The van der Waals surface area contributed by atoms with E-state index in [-0.39, 0.29) is 6.42 Å². The van der Waals surface area contributed by atoms with Crippen LogP contribution >= 0.6 is 11.6 Å². The fourth-order valence-electron chi connectivity index (χ4n) is 1.17. The van der Waals surface area contributed by atoms with E-state index in [1.54, 1.807) is 0 Å². The summed E-state index contributed by atoms with van der Waals surface area (Å²) < 4.78 is 52.0. The van der Waals surface area contributed by atoms with Gasteiger partial charge < -0.3 is 0 Å². The summed E-state index contributed by atoms with van der Waals surface area (Å²) in [6, 6.07) is 0. The molecule has 0 amide bonds. The third-order valence-electron chi connectivity index (χ3n) is 1.90. The van der Waals surface area contributed by atoms with Crippen molar-refractivity contribution in [2.24, 2.45) is 0 Å². The van der Waals surface area contributed by atoms with Gasteiger partial charge in [-0.25, -0.2) is 17.6 Å². The van der Waals surface area contributed by atoms with Crippen molar-refractivity contribution >= 4 is 16.8 Å². The molecule has 0 saturated heterocycles. The molecule has 0 bridgehead atoms. The zero-order valence-corrected chi connectivity index (χ0v) is 8.26. The smallest absolute Gasteiger partial charge is 0.258 e. The van der Waals surface area contributed by atoms with E-state index in [1.165, 1.54) is 6.92 Å². The first-order valence-corrected chi connectivity index (χ1v) is 4.34. The summed E-state index contributed by atoms with van der Waals surface area (Å²) in [7, 11) is 0. The van der Waals surface area contributed by atoms with Crippen molar-refractivity contribution in [3.05, 3.63) is 34.4 Å². The van der Waals surface area contributed by atoms with E-state index in [1.807, 2.05) is 0 Å². The fraction of sp³-hybridized carbons (Fsp3) is 0.222. The monoisotopic (exact) mass is 240 g/mol. The molecular weight excluding hydrogens is 236 g/mol.